The van der Waals surface area contributed by atoms with Crippen LogP contribution in [-0.2, 0) is 25.7 Å². The van der Waals surface area contributed by atoms with Crippen molar-refractivity contribution in [1.82, 2.24) is 5.32 Å². The SMILES string of the molecule is CCOC(=O)[C@H](CCC1CCCCC1)N[C@@H](C)C(=O)OCc1ccccc1. The van der Waals surface area contributed by atoms with E-state index in [2.05, 4.69) is 5.32 Å². The summed E-state index contributed by atoms with van der Waals surface area (Å²) in [5.74, 6) is 0.0413. The number of nitrogens with one attached hydrogen (secondary N) is 1. The standard InChI is InChI=1S/C22H33NO4/c1-3-26-22(25)20(15-14-18-10-6-4-7-11-18)23-17(2)21(24)27-16-19-12-8-5-9-13-19/h5,8-9,12-13,17-18,20,23H,3-4,6-7,10-11,14-16H2,1-2H3/t17-,20-/m0/s1. The second-order valence-corrected chi connectivity index (χ2v) is 7.37. The van der Waals surface area contributed by atoms with Crippen LogP contribution in [0.2, 0.25) is 0 Å². The van der Waals surface area contributed by atoms with E-state index in [1.807, 2.05) is 30.3 Å². The van der Waals surface area contributed by atoms with Crippen LogP contribution in [0.4, 0.5) is 0 Å². The number of hydrogen-bond donors (Lipinski definition) is 1. The van der Waals surface area contributed by atoms with Crippen LogP contribution >= 0.6 is 0 Å². The number of hydrogen-bond acceptors (Lipinski definition) is 5. The van der Waals surface area contributed by atoms with E-state index in [1.54, 1.807) is 13.8 Å². The van der Waals surface area contributed by atoms with Crippen molar-refractivity contribution < 1.29 is 19.1 Å². The van der Waals surface area contributed by atoms with Crippen molar-refractivity contribution in [3.63, 3.8) is 0 Å². The second-order valence-electron chi connectivity index (χ2n) is 7.37. The zero-order chi connectivity index (χ0) is 19.5. The molecule has 0 aromatic heterocycles. The Morgan fingerprint density at radius 1 is 1.07 bits per heavy atom. The Morgan fingerprint density at radius 2 is 1.78 bits per heavy atom. The highest BCUT2D eigenvalue weighted by molar-refractivity contribution is 5.79. The summed E-state index contributed by atoms with van der Waals surface area (Å²) in [4.78, 5) is 24.6. The number of carbonyl (C=O) groups is 2. The lowest BCUT2D eigenvalue weighted by molar-refractivity contribution is -0.149. The molecule has 0 saturated heterocycles. The molecule has 1 aromatic rings. The number of ether oxygens (including phenoxy) is 2. The van der Waals surface area contributed by atoms with Crippen LogP contribution in [0, 0.1) is 5.92 Å². The number of esters is 2. The maximum Gasteiger partial charge on any atom is 0.323 e. The molecule has 5 heteroatoms. The summed E-state index contributed by atoms with van der Waals surface area (Å²) in [7, 11) is 0. The van der Waals surface area contributed by atoms with Crippen molar-refractivity contribution in [2.45, 2.75) is 77.5 Å². The van der Waals surface area contributed by atoms with Gasteiger partial charge in [0.2, 0.25) is 0 Å². The molecule has 1 fully saturated rings. The lowest BCUT2D eigenvalue weighted by Crippen LogP contribution is -2.47. The van der Waals surface area contributed by atoms with E-state index in [9.17, 15) is 9.59 Å². The van der Waals surface area contributed by atoms with E-state index in [0.29, 0.717) is 18.9 Å². The summed E-state index contributed by atoms with van der Waals surface area (Å²) in [6.07, 6.45) is 8.05. The van der Waals surface area contributed by atoms with Crippen LogP contribution in [0.15, 0.2) is 30.3 Å². The van der Waals surface area contributed by atoms with E-state index < -0.39 is 12.1 Å². The minimum atomic E-state index is -0.561. The third-order valence-electron chi connectivity index (χ3n) is 5.19. The molecule has 0 aliphatic heterocycles. The Labute approximate surface area is 162 Å². The van der Waals surface area contributed by atoms with Crippen LogP contribution in [-0.4, -0.2) is 30.6 Å². The molecular formula is C22H33NO4. The van der Waals surface area contributed by atoms with Gasteiger partial charge in [-0.15, -0.1) is 0 Å². The first kappa shape index (κ1) is 21.4. The maximum absolute atomic E-state index is 12.3. The van der Waals surface area contributed by atoms with Gasteiger partial charge in [-0.1, -0.05) is 62.4 Å². The fourth-order valence-electron chi connectivity index (χ4n) is 3.61. The number of carbonyl (C=O) groups excluding carboxylic acids is 2. The third kappa shape index (κ3) is 7.71. The molecule has 1 saturated carbocycles. The summed E-state index contributed by atoms with van der Waals surface area (Å²) >= 11 is 0. The molecule has 1 aliphatic carbocycles. The average Bonchev–Trinajstić information content (AvgIpc) is 2.70. The first-order chi connectivity index (χ1) is 13.1. The van der Waals surface area contributed by atoms with Gasteiger partial charge in [0.05, 0.1) is 6.61 Å². The molecule has 1 N–H and O–H groups in total. The van der Waals surface area contributed by atoms with E-state index in [1.165, 1.54) is 32.1 Å². The Bertz CT molecular complexity index is 569. The molecule has 0 bridgehead atoms. The lowest BCUT2D eigenvalue weighted by Gasteiger charge is -2.25. The van der Waals surface area contributed by atoms with Crippen molar-refractivity contribution in [3.05, 3.63) is 35.9 Å². The molecule has 27 heavy (non-hydrogen) atoms. The molecule has 0 radical (unpaired) electrons. The quantitative estimate of drug-likeness (QED) is 0.626. The van der Waals surface area contributed by atoms with E-state index in [-0.39, 0.29) is 18.5 Å². The van der Waals surface area contributed by atoms with Crippen molar-refractivity contribution >= 4 is 11.9 Å². The van der Waals surface area contributed by atoms with Crippen molar-refractivity contribution in [2.24, 2.45) is 5.92 Å². The van der Waals surface area contributed by atoms with Gasteiger partial charge in [0.25, 0.3) is 0 Å². The van der Waals surface area contributed by atoms with Crippen LogP contribution < -0.4 is 5.32 Å². The summed E-state index contributed by atoms with van der Waals surface area (Å²) in [6.45, 7) is 4.11. The lowest BCUT2D eigenvalue weighted by atomic mass is 9.85. The zero-order valence-electron chi connectivity index (χ0n) is 16.6. The molecular weight excluding hydrogens is 342 g/mol. The Hall–Kier alpha value is -1.88. The highest BCUT2D eigenvalue weighted by Crippen LogP contribution is 2.28. The summed E-state index contributed by atoms with van der Waals surface area (Å²) in [5, 5.41) is 3.13. The van der Waals surface area contributed by atoms with E-state index in [4.69, 9.17) is 9.47 Å². The molecule has 1 aromatic carbocycles. The topological polar surface area (TPSA) is 64.6 Å². The van der Waals surface area contributed by atoms with E-state index >= 15 is 0 Å². The fourth-order valence-corrected chi connectivity index (χ4v) is 3.61. The first-order valence-corrected chi connectivity index (χ1v) is 10.2. The van der Waals surface area contributed by atoms with Crippen LogP contribution in [0.3, 0.4) is 0 Å². The minimum absolute atomic E-state index is 0.234. The van der Waals surface area contributed by atoms with E-state index in [0.717, 1.165) is 12.0 Å². The van der Waals surface area contributed by atoms with Crippen molar-refractivity contribution in [1.29, 1.82) is 0 Å². The predicted octanol–water partition coefficient (Wildman–Crippen LogP) is 4.00. The van der Waals surface area contributed by atoms with Gasteiger partial charge in [0.1, 0.15) is 18.7 Å². The van der Waals surface area contributed by atoms with Crippen LogP contribution in [0.5, 0.6) is 0 Å². The average molecular weight is 376 g/mol. The normalized spacial score (nSPS) is 17.1. The number of benzene rings is 1. The molecule has 0 unspecified atom stereocenters. The zero-order valence-corrected chi connectivity index (χ0v) is 16.6. The fraction of sp³-hybridized carbons (Fsp3) is 0.636. The molecule has 5 nitrogen and oxygen atoms in total. The van der Waals surface area contributed by atoms with Gasteiger partial charge in [-0.2, -0.15) is 0 Å². The largest absolute Gasteiger partial charge is 0.465 e. The highest BCUT2D eigenvalue weighted by atomic mass is 16.5. The van der Waals surface area contributed by atoms with Crippen molar-refractivity contribution in [2.75, 3.05) is 6.61 Å². The van der Waals surface area contributed by atoms with Crippen LogP contribution in [0.1, 0.15) is 64.4 Å². The molecule has 150 valence electrons. The molecule has 2 rings (SSSR count). The maximum atomic E-state index is 12.3. The molecule has 2 atom stereocenters. The van der Waals surface area contributed by atoms with Gasteiger partial charge in [0.15, 0.2) is 0 Å². The van der Waals surface area contributed by atoms with Gasteiger partial charge >= 0.3 is 11.9 Å². The number of rotatable bonds is 10. The van der Waals surface area contributed by atoms with Gasteiger partial charge in [-0.3, -0.25) is 14.9 Å². The summed E-state index contributed by atoms with van der Waals surface area (Å²) in [5.41, 5.74) is 0.942. The third-order valence-corrected chi connectivity index (χ3v) is 5.19. The first-order valence-electron chi connectivity index (χ1n) is 10.2. The van der Waals surface area contributed by atoms with Crippen molar-refractivity contribution in [3.8, 4) is 0 Å². The Morgan fingerprint density at radius 3 is 2.44 bits per heavy atom. The molecule has 0 heterocycles. The second kappa shape index (κ2) is 11.8. The molecule has 1 aliphatic rings. The van der Waals surface area contributed by atoms with Gasteiger partial charge < -0.3 is 9.47 Å². The molecule has 0 spiro atoms. The summed E-state index contributed by atoms with van der Waals surface area (Å²) in [6, 6.07) is 8.54. The van der Waals surface area contributed by atoms with Gasteiger partial charge in [-0.25, -0.2) is 0 Å². The minimum Gasteiger partial charge on any atom is -0.465 e. The van der Waals surface area contributed by atoms with Crippen LogP contribution in [0.25, 0.3) is 0 Å². The monoisotopic (exact) mass is 375 g/mol. The van der Waals surface area contributed by atoms with Gasteiger partial charge in [0, 0.05) is 0 Å². The Balaban J connectivity index is 1.83. The smallest absolute Gasteiger partial charge is 0.323 e. The van der Waals surface area contributed by atoms with Gasteiger partial charge in [-0.05, 0) is 38.2 Å². The molecule has 0 amide bonds. The summed E-state index contributed by atoms with van der Waals surface area (Å²) < 4.78 is 10.6. The predicted molar refractivity (Wildman–Crippen MR) is 105 cm³/mol. The Kier molecular flexibility index (Phi) is 9.32. The highest BCUT2D eigenvalue weighted by Gasteiger charge is 2.26.